The first-order valence-corrected chi connectivity index (χ1v) is 8.10. The molecule has 0 bridgehead atoms. The molecule has 0 radical (unpaired) electrons. The van der Waals surface area contributed by atoms with Crippen molar-refractivity contribution >= 4 is 27.8 Å². The number of para-hydroxylation sites is 2. The zero-order valence-corrected chi connectivity index (χ0v) is 13.4. The highest BCUT2D eigenvalue weighted by Gasteiger charge is 2.08. The van der Waals surface area contributed by atoms with Crippen molar-refractivity contribution < 1.29 is 4.74 Å². The molecular formula is C18H15N3OS. The van der Waals surface area contributed by atoms with Gasteiger partial charge in [-0.05, 0) is 24.6 Å². The van der Waals surface area contributed by atoms with E-state index in [-0.39, 0.29) is 0 Å². The molecule has 114 valence electrons. The molecule has 1 N–H and O–H groups in total. The maximum Gasteiger partial charge on any atom is 0.187 e. The Balaban J connectivity index is 1.81. The van der Waals surface area contributed by atoms with Crippen LogP contribution in [0.25, 0.3) is 16.1 Å². The van der Waals surface area contributed by atoms with Crippen LogP contribution in [0.5, 0.6) is 5.75 Å². The van der Waals surface area contributed by atoms with Crippen LogP contribution in [-0.2, 0) is 0 Å². The summed E-state index contributed by atoms with van der Waals surface area (Å²) in [5.41, 5.74) is 3.43. The van der Waals surface area contributed by atoms with E-state index in [1.807, 2.05) is 48.7 Å². The Morgan fingerprint density at radius 3 is 2.70 bits per heavy atom. The van der Waals surface area contributed by atoms with E-state index in [4.69, 9.17) is 11.3 Å². The molecule has 0 spiro atoms. The van der Waals surface area contributed by atoms with Crippen LogP contribution >= 0.6 is 11.3 Å². The largest absolute Gasteiger partial charge is 0.492 e. The van der Waals surface area contributed by atoms with Gasteiger partial charge in [0.15, 0.2) is 10.8 Å². The van der Waals surface area contributed by atoms with Crippen LogP contribution in [0, 0.1) is 6.57 Å². The average Bonchev–Trinajstić information content (AvgIpc) is 3.05. The van der Waals surface area contributed by atoms with Gasteiger partial charge in [0, 0.05) is 5.38 Å². The molecule has 0 aliphatic heterocycles. The molecule has 23 heavy (non-hydrogen) atoms. The van der Waals surface area contributed by atoms with Crippen LogP contribution in [0.2, 0.25) is 0 Å². The van der Waals surface area contributed by atoms with Gasteiger partial charge in [-0.1, -0.05) is 36.4 Å². The van der Waals surface area contributed by atoms with Gasteiger partial charge in [-0.3, -0.25) is 0 Å². The molecule has 0 saturated carbocycles. The number of ether oxygens (including phenoxy) is 1. The number of benzene rings is 2. The first kappa shape index (κ1) is 15.1. The van der Waals surface area contributed by atoms with E-state index in [1.54, 1.807) is 12.1 Å². The molecule has 3 rings (SSSR count). The van der Waals surface area contributed by atoms with Gasteiger partial charge < -0.3 is 10.1 Å². The van der Waals surface area contributed by atoms with Crippen molar-refractivity contribution in [1.82, 2.24) is 4.98 Å². The molecule has 0 aliphatic carbocycles. The number of aromatic nitrogens is 1. The topological polar surface area (TPSA) is 38.5 Å². The Morgan fingerprint density at radius 1 is 1.17 bits per heavy atom. The molecule has 1 aromatic heterocycles. The lowest BCUT2D eigenvalue weighted by atomic mass is 10.1. The molecule has 4 nitrogen and oxygen atoms in total. The number of anilines is 2. The van der Waals surface area contributed by atoms with Gasteiger partial charge in [-0.2, -0.15) is 0 Å². The summed E-state index contributed by atoms with van der Waals surface area (Å²) < 4.78 is 5.61. The third-order valence-corrected chi connectivity index (χ3v) is 3.98. The van der Waals surface area contributed by atoms with Gasteiger partial charge in [-0.15, -0.1) is 11.3 Å². The maximum atomic E-state index is 6.99. The summed E-state index contributed by atoms with van der Waals surface area (Å²) in [7, 11) is 0. The summed E-state index contributed by atoms with van der Waals surface area (Å²) >= 11 is 1.54. The summed E-state index contributed by atoms with van der Waals surface area (Å²) in [5.74, 6) is 0.813. The highest BCUT2D eigenvalue weighted by atomic mass is 32.1. The molecule has 0 aliphatic rings. The fraction of sp³-hybridized carbons (Fsp3) is 0.111. The minimum atomic E-state index is 0.620. The van der Waals surface area contributed by atoms with Crippen molar-refractivity contribution in [2.45, 2.75) is 6.92 Å². The molecule has 2 aromatic carbocycles. The second-order valence-electron chi connectivity index (χ2n) is 4.75. The molecule has 0 atom stereocenters. The zero-order chi connectivity index (χ0) is 16.1. The normalized spacial score (nSPS) is 10.1. The van der Waals surface area contributed by atoms with E-state index in [0.717, 1.165) is 27.8 Å². The van der Waals surface area contributed by atoms with E-state index in [1.165, 1.54) is 11.3 Å². The molecular weight excluding hydrogens is 306 g/mol. The van der Waals surface area contributed by atoms with Crippen molar-refractivity contribution in [3.63, 3.8) is 0 Å². The minimum Gasteiger partial charge on any atom is -0.492 e. The zero-order valence-electron chi connectivity index (χ0n) is 12.6. The number of nitrogens with one attached hydrogen (secondary N) is 1. The lowest BCUT2D eigenvalue weighted by Crippen LogP contribution is -1.97. The Labute approximate surface area is 139 Å². The van der Waals surface area contributed by atoms with E-state index in [9.17, 15) is 0 Å². The predicted octanol–water partition coefficient (Wildman–Crippen LogP) is 5.50. The molecule has 3 aromatic rings. The predicted molar refractivity (Wildman–Crippen MR) is 94.7 cm³/mol. The van der Waals surface area contributed by atoms with Crippen LogP contribution in [0.4, 0.5) is 16.5 Å². The molecule has 0 saturated heterocycles. The molecule has 0 amide bonds. The monoisotopic (exact) mass is 321 g/mol. The number of hydrogen-bond donors (Lipinski definition) is 1. The SMILES string of the molecule is [C-]#[N+]c1ccc(-c2csc(Nc3ccccc3OCC)n2)cc1. The van der Waals surface area contributed by atoms with Crippen molar-refractivity contribution in [3.8, 4) is 17.0 Å². The van der Waals surface area contributed by atoms with Crippen molar-refractivity contribution in [1.29, 1.82) is 0 Å². The van der Waals surface area contributed by atoms with Crippen LogP contribution in [-0.4, -0.2) is 11.6 Å². The van der Waals surface area contributed by atoms with Crippen molar-refractivity contribution in [2.75, 3.05) is 11.9 Å². The van der Waals surface area contributed by atoms with E-state index >= 15 is 0 Å². The van der Waals surface area contributed by atoms with Crippen molar-refractivity contribution in [3.05, 3.63) is 65.3 Å². The molecule has 0 fully saturated rings. The summed E-state index contributed by atoms with van der Waals surface area (Å²) in [6.07, 6.45) is 0. The van der Waals surface area contributed by atoms with Gasteiger partial charge in [-0.25, -0.2) is 9.83 Å². The second-order valence-corrected chi connectivity index (χ2v) is 5.61. The number of nitrogens with zero attached hydrogens (tertiary/aromatic N) is 2. The molecule has 5 heteroatoms. The van der Waals surface area contributed by atoms with Gasteiger partial charge in [0.1, 0.15) is 5.75 Å². The highest BCUT2D eigenvalue weighted by molar-refractivity contribution is 7.14. The number of hydrogen-bond acceptors (Lipinski definition) is 4. The third-order valence-electron chi connectivity index (χ3n) is 3.22. The fourth-order valence-electron chi connectivity index (χ4n) is 2.14. The standard InChI is InChI=1S/C18H15N3OS/c1-3-22-17-7-5-4-6-15(17)20-18-21-16(12-23-18)13-8-10-14(19-2)11-9-13/h4-12H,3H2,1H3,(H,20,21). The first-order valence-electron chi connectivity index (χ1n) is 7.22. The smallest absolute Gasteiger partial charge is 0.187 e. The highest BCUT2D eigenvalue weighted by Crippen LogP contribution is 2.31. The Bertz CT molecular complexity index is 834. The van der Waals surface area contributed by atoms with E-state index in [2.05, 4.69) is 15.1 Å². The number of rotatable bonds is 5. The number of thiazole rings is 1. The Kier molecular flexibility index (Phi) is 4.55. The van der Waals surface area contributed by atoms with E-state index in [0.29, 0.717) is 12.3 Å². The summed E-state index contributed by atoms with van der Waals surface area (Å²) in [5, 5.41) is 6.11. The van der Waals surface area contributed by atoms with Crippen LogP contribution in [0.15, 0.2) is 53.9 Å². The van der Waals surface area contributed by atoms with Crippen LogP contribution < -0.4 is 10.1 Å². The van der Waals surface area contributed by atoms with Crippen LogP contribution in [0.1, 0.15) is 6.92 Å². The Morgan fingerprint density at radius 2 is 1.96 bits per heavy atom. The van der Waals surface area contributed by atoms with Crippen molar-refractivity contribution in [2.24, 2.45) is 0 Å². The van der Waals surface area contributed by atoms with Gasteiger partial charge in [0.2, 0.25) is 0 Å². The van der Waals surface area contributed by atoms with Crippen LogP contribution in [0.3, 0.4) is 0 Å². The quantitative estimate of drug-likeness (QED) is 0.630. The average molecular weight is 321 g/mol. The molecule has 0 unspecified atom stereocenters. The summed E-state index contributed by atoms with van der Waals surface area (Å²) in [6, 6.07) is 15.3. The fourth-order valence-corrected chi connectivity index (χ4v) is 2.87. The lowest BCUT2D eigenvalue weighted by molar-refractivity contribution is 0.342. The minimum absolute atomic E-state index is 0.620. The first-order chi connectivity index (χ1) is 11.3. The van der Waals surface area contributed by atoms with E-state index < -0.39 is 0 Å². The third kappa shape index (κ3) is 3.50. The lowest BCUT2D eigenvalue weighted by Gasteiger charge is -2.09. The summed E-state index contributed by atoms with van der Waals surface area (Å²) in [4.78, 5) is 8.01. The summed E-state index contributed by atoms with van der Waals surface area (Å²) in [6.45, 7) is 9.58. The van der Waals surface area contributed by atoms with Gasteiger partial charge in [0.05, 0.1) is 24.6 Å². The second kappa shape index (κ2) is 6.95. The molecule has 1 heterocycles. The Hall–Kier alpha value is -2.84. The maximum absolute atomic E-state index is 6.99. The van der Waals surface area contributed by atoms with Gasteiger partial charge in [0.25, 0.3) is 0 Å². The van der Waals surface area contributed by atoms with Gasteiger partial charge >= 0.3 is 0 Å².